The number of halogens is 1. The Hall–Kier alpha value is -0.740. The van der Waals surface area contributed by atoms with Crippen LogP contribution in [0.3, 0.4) is 0 Å². The first-order chi connectivity index (χ1) is 8.16. The summed E-state index contributed by atoms with van der Waals surface area (Å²) in [5.41, 5.74) is 0.608. The molecule has 17 heavy (non-hydrogen) atoms. The zero-order valence-electron chi connectivity index (χ0n) is 9.54. The summed E-state index contributed by atoms with van der Waals surface area (Å²) in [4.78, 5) is 0. The van der Waals surface area contributed by atoms with Gasteiger partial charge < -0.3 is 14.6 Å². The Labute approximate surface area is 109 Å². The van der Waals surface area contributed by atoms with Crippen molar-refractivity contribution in [1.29, 1.82) is 0 Å². The lowest BCUT2D eigenvalue weighted by atomic mass is 10.1. The topological polar surface area (TPSA) is 38.7 Å². The van der Waals surface area contributed by atoms with Crippen molar-refractivity contribution in [1.82, 2.24) is 0 Å². The van der Waals surface area contributed by atoms with Gasteiger partial charge in [0, 0.05) is 17.3 Å². The Bertz CT molecular complexity index is 441. The second kappa shape index (κ2) is 4.18. The van der Waals surface area contributed by atoms with Gasteiger partial charge in [0.15, 0.2) is 11.5 Å². The quantitative estimate of drug-likeness (QED) is 0.912. The van der Waals surface area contributed by atoms with E-state index in [-0.39, 0.29) is 0 Å². The van der Waals surface area contributed by atoms with Gasteiger partial charge in [-0.2, -0.15) is 0 Å². The Morgan fingerprint density at radius 3 is 2.47 bits per heavy atom. The summed E-state index contributed by atoms with van der Waals surface area (Å²) in [5.74, 6) is 1.59. The fourth-order valence-corrected chi connectivity index (χ4v) is 2.50. The van der Waals surface area contributed by atoms with Crippen molar-refractivity contribution >= 4 is 15.9 Å². The van der Waals surface area contributed by atoms with Crippen molar-refractivity contribution in [2.75, 3.05) is 13.2 Å². The van der Waals surface area contributed by atoms with Crippen LogP contribution >= 0.6 is 15.9 Å². The normalized spacial score (nSPS) is 20.8. The maximum absolute atomic E-state index is 9.97. The fraction of sp³-hybridized carbons (Fsp3) is 0.538. The molecule has 1 fully saturated rings. The van der Waals surface area contributed by atoms with Gasteiger partial charge >= 0.3 is 0 Å². The molecule has 1 aromatic carbocycles. The zero-order chi connectivity index (χ0) is 11.9. The predicted octanol–water partition coefficient (Wildman–Crippen LogP) is 2.68. The number of rotatable bonds is 2. The van der Waals surface area contributed by atoms with E-state index in [0.29, 0.717) is 19.6 Å². The third kappa shape index (κ3) is 2.43. The molecule has 92 valence electrons. The van der Waals surface area contributed by atoms with Crippen LogP contribution in [0.2, 0.25) is 0 Å². The van der Waals surface area contributed by atoms with E-state index < -0.39 is 5.60 Å². The Balaban J connectivity index is 1.91. The smallest absolute Gasteiger partial charge is 0.162 e. The second-order valence-electron chi connectivity index (χ2n) is 4.84. The van der Waals surface area contributed by atoms with Gasteiger partial charge in [-0.15, -0.1) is 0 Å². The monoisotopic (exact) mass is 298 g/mol. The lowest BCUT2D eigenvalue weighted by Gasteiger charge is -2.13. The number of fused-ring (bicyclic) bond motifs is 1. The van der Waals surface area contributed by atoms with E-state index in [1.807, 2.05) is 12.1 Å². The van der Waals surface area contributed by atoms with Crippen LogP contribution in [0.1, 0.15) is 24.8 Å². The van der Waals surface area contributed by atoms with Gasteiger partial charge in [-0.25, -0.2) is 0 Å². The van der Waals surface area contributed by atoms with Crippen LogP contribution in [0.4, 0.5) is 0 Å². The van der Waals surface area contributed by atoms with E-state index in [1.165, 1.54) is 0 Å². The van der Waals surface area contributed by atoms with Crippen LogP contribution in [0.15, 0.2) is 16.6 Å². The molecule has 3 nitrogen and oxygen atoms in total. The van der Waals surface area contributed by atoms with Crippen LogP contribution in [0, 0.1) is 0 Å². The predicted molar refractivity (Wildman–Crippen MR) is 67.6 cm³/mol. The molecular formula is C13H15BrO3. The molecule has 1 aromatic rings. The largest absolute Gasteiger partial charge is 0.490 e. The average molecular weight is 299 g/mol. The lowest BCUT2D eigenvalue weighted by molar-refractivity contribution is 0.150. The first-order valence-corrected chi connectivity index (χ1v) is 6.76. The van der Waals surface area contributed by atoms with Gasteiger partial charge in [-0.3, -0.25) is 0 Å². The van der Waals surface area contributed by atoms with Gasteiger partial charge in [0.1, 0.15) is 0 Å². The highest BCUT2D eigenvalue weighted by molar-refractivity contribution is 9.10. The van der Waals surface area contributed by atoms with E-state index in [1.54, 1.807) is 0 Å². The molecule has 1 aliphatic heterocycles. The van der Waals surface area contributed by atoms with Gasteiger partial charge in [0.2, 0.25) is 0 Å². The molecule has 1 N–H and O–H groups in total. The van der Waals surface area contributed by atoms with E-state index >= 15 is 0 Å². The average Bonchev–Trinajstić information content (AvgIpc) is 3.04. The molecule has 0 saturated heterocycles. The molecule has 3 rings (SSSR count). The number of benzene rings is 1. The summed E-state index contributed by atoms with van der Waals surface area (Å²) >= 11 is 3.53. The molecule has 4 heteroatoms. The standard InChI is InChI=1S/C13H15BrO3/c14-10-7-12-11(16-4-1-5-17-12)6-9(10)8-13(15)2-3-13/h6-7,15H,1-5,8H2. The molecule has 0 aromatic heterocycles. The first kappa shape index (κ1) is 11.4. The van der Waals surface area contributed by atoms with Crippen LogP contribution in [-0.4, -0.2) is 23.9 Å². The SMILES string of the molecule is OC1(Cc2cc3c(cc2Br)OCCCO3)CC1. The molecule has 0 radical (unpaired) electrons. The first-order valence-electron chi connectivity index (χ1n) is 5.97. The molecule has 1 saturated carbocycles. The third-order valence-electron chi connectivity index (χ3n) is 3.26. The number of aliphatic hydroxyl groups is 1. The highest BCUT2D eigenvalue weighted by Crippen LogP contribution is 2.42. The minimum absolute atomic E-state index is 0.484. The van der Waals surface area contributed by atoms with Crippen LogP contribution in [0.5, 0.6) is 11.5 Å². The van der Waals surface area contributed by atoms with Gasteiger partial charge in [-0.05, 0) is 30.5 Å². The number of hydrogen-bond acceptors (Lipinski definition) is 3. The molecule has 2 aliphatic rings. The van der Waals surface area contributed by atoms with E-state index in [4.69, 9.17) is 9.47 Å². The summed E-state index contributed by atoms with van der Waals surface area (Å²) < 4.78 is 12.3. The minimum atomic E-state index is -0.484. The summed E-state index contributed by atoms with van der Waals surface area (Å²) in [5, 5.41) is 9.97. The third-order valence-corrected chi connectivity index (χ3v) is 4.00. The van der Waals surface area contributed by atoms with Gasteiger partial charge in [0.05, 0.1) is 18.8 Å². The van der Waals surface area contributed by atoms with Gasteiger partial charge in [0.25, 0.3) is 0 Å². The van der Waals surface area contributed by atoms with Crippen molar-refractivity contribution in [3.05, 3.63) is 22.2 Å². The molecule has 1 heterocycles. The van der Waals surface area contributed by atoms with Crippen LogP contribution < -0.4 is 9.47 Å². The van der Waals surface area contributed by atoms with E-state index in [0.717, 1.165) is 40.8 Å². The Morgan fingerprint density at radius 2 is 1.82 bits per heavy atom. The zero-order valence-corrected chi connectivity index (χ0v) is 11.1. The summed E-state index contributed by atoms with van der Waals surface area (Å²) in [6.45, 7) is 1.39. The summed E-state index contributed by atoms with van der Waals surface area (Å²) in [7, 11) is 0. The Morgan fingerprint density at radius 1 is 1.18 bits per heavy atom. The highest BCUT2D eigenvalue weighted by Gasteiger charge is 2.40. The highest BCUT2D eigenvalue weighted by atomic mass is 79.9. The fourth-order valence-electron chi connectivity index (χ4n) is 2.04. The van der Waals surface area contributed by atoms with Crippen molar-refractivity contribution in [2.24, 2.45) is 0 Å². The van der Waals surface area contributed by atoms with Crippen LogP contribution in [0.25, 0.3) is 0 Å². The molecule has 0 spiro atoms. The van der Waals surface area contributed by atoms with Crippen molar-refractivity contribution in [3.8, 4) is 11.5 Å². The van der Waals surface area contributed by atoms with E-state index in [2.05, 4.69) is 15.9 Å². The molecule has 0 amide bonds. The molecule has 0 unspecified atom stereocenters. The maximum atomic E-state index is 9.97. The Kier molecular flexibility index (Phi) is 2.79. The summed E-state index contributed by atoms with van der Waals surface area (Å²) in [6, 6.07) is 3.93. The number of hydrogen-bond donors (Lipinski definition) is 1. The maximum Gasteiger partial charge on any atom is 0.162 e. The molecular weight excluding hydrogens is 284 g/mol. The van der Waals surface area contributed by atoms with Crippen molar-refractivity contribution in [2.45, 2.75) is 31.3 Å². The molecule has 0 atom stereocenters. The minimum Gasteiger partial charge on any atom is -0.490 e. The van der Waals surface area contributed by atoms with Crippen LogP contribution in [-0.2, 0) is 6.42 Å². The van der Waals surface area contributed by atoms with Gasteiger partial charge in [-0.1, -0.05) is 15.9 Å². The second-order valence-corrected chi connectivity index (χ2v) is 5.70. The lowest BCUT2D eigenvalue weighted by Crippen LogP contribution is -2.11. The van der Waals surface area contributed by atoms with Crippen molar-refractivity contribution in [3.63, 3.8) is 0 Å². The molecule has 1 aliphatic carbocycles. The summed E-state index contributed by atoms with van der Waals surface area (Å²) in [6.07, 6.45) is 3.39. The van der Waals surface area contributed by atoms with E-state index in [9.17, 15) is 5.11 Å². The molecule has 0 bridgehead atoms. The van der Waals surface area contributed by atoms with Crippen molar-refractivity contribution < 1.29 is 14.6 Å². The number of ether oxygens (including phenoxy) is 2.